The molecular formula is C21H22N2O5. The van der Waals surface area contributed by atoms with E-state index in [-0.39, 0.29) is 18.9 Å². The van der Waals surface area contributed by atoms with Gasteiger partial charge in [0.2, 0.25) is 5.91 Å². The molecule has 28 heavy (non-hydrogen) atoms. The number of esters is 1. The van der Waals surface area contributed by atoms with Gasteiger partial charge in [0.05, 0.1) is 13.0 Å². The summed E-state index contributed by atoms with van der Waals surface area (Å²) in [7, 11) is 1.55. The molecule has 3 rings (SSSR count). The van der Waals surface area contributed by atoms with Gasteiger partial charge in [-0.3, -0.25) is 14.4 Å². The van der Waals surface area contributed by atoms with Crippen LogP contribution < -0.4 is 15.0 Å². The van der Waals surface area contributed by atoms with Crippen molar-refractivity contribution in [3.05, 3.63) is 54.1 Å². The molecule has 1 saturated heterocycles. The summed E-state index contributed by atoms with van der Waals surface area (Å²) in [5.41, 5.74) is 2.25. The summed E-state index contributed by atoms with van der Waals surface area (Å²) in [5, 5.41) is 2.70. The maximum absolute atomic E-state index is 12.3. The van der Waals surface area contributed by atoms with Crippen molar-refractivity contribution in [3.63, 3.8) is 0 Å². The van der Waals surface area contributed by atoms with Crippen molar-refractivity contribution in [1.29, 1.82) is 0 Å². The number of nitrogens with zero attached hydrogens (tertiary/aromatic N) is 1. The Kier molecular flexibility index (Phi) is 5.93. The SMILES string of the molecule is COc1cccc(N2C[C@@H](C(=O)OCC(=O)Nc3ccccc3C)CC2=O)c1. The number of anilines is 2. The van der Waals surface area contributed by atoms with E-state index in [4.69, 9.17) is 9.47 Å². The second kappa shape index (κ2) is 8.56. The number of hydrogen-bond donors (Lipinski definition) is 1. The topological polar surface area (TPSA) is 84.9 Å². The van der Waals surface area contributed by atoms with Gasteiger partial charge in [-0.25, -0.2) is 0 Å². The zero-order chi connectivity index (χ0) is 20.1. The van der Waals surface area contributed by atoms with E-state index >= 15 is 0 Å². The Hall–Kier alpha value is -3.35. The number of para-hydroxylation sites is 1. The van der Waals surface area contributed by atoms with E-state index in [0.717, 1.165) is 5.56 Å². The summed E-state index contributed by atoms with van der Waals surface area (Å²) >= 11 is 0. The van der Waals surface area contributed by atoms with Crippen LogP contribution >= 0.6 is 0 Å². The molecule has 1 aliphatic rings. The Bertz CT molecular complexity index is 896. The molecule has 1 fully saturated rings. The van der Waals surface area contributed by atoms with Crippen LogP contribution in [0.5, 0.6) is 5.75 Å². The van der Waals surface area contributed by atoms with Gasteiger partial charge in [0.1, 0.15) is 5.75 Å². The zero-order valence-electron chi connectivity index (χ0n) is 15.8. The molecular weight excluding hydrogens is 360 g/mol. The van der Waals surface area contributed by atoms with E-state index in [1.54, 1.807) is 37.4 Å². The molecule has 0 saturated carbocycles. The van der Waals surface area contributed by atoms with E-state index in [2.05, 4.69) is 5.32 Å². The largest absolute Gasteiger partial charge is 0.497 e. The smallest absolute Gasteiger partial charge is 0.311 e. The number of aryl methyl sites for hydroxylation is 1. The van der Waals surface area contributed by atoms with Gasteiger partial charge in [-0.15, -0.1) is 0 Å². The number of carbonyl (C=O) groups is 3. The summed E-state index contributed by atoms with van der Waals surface area (Å²) < 4.78 is 10.3. The van der Waals surface area contributed by atoms with Crippen molar-refractivity contribution in [2.24, 2.45) is 5.92 Å². The number of amides is 2. The maximum atomic E-state index is 12.3. The fraction of sp³-hybridized carbons (Fsp3) is 0.286. The first-order valence-corrected chi connectivity index (χ1v) is 8.94. The molecule has 7 heteroatoms. The summed E-state index contributed by atoms with van der Waals surface area (Å²) in [6.07, 6.45) is 0.0510. The Morgan fingerprint density at radius 2 is 1.96 bits per heavy atom. The first-order chi connectivity index (χ1) is 13.5. The second-order valence-corrected chi connectivity index (χ2v) is 6.58. The van der Waals surface area contributed by atoms with Crippen molar-refractivity contribution in [2.45, 2.75) is 13.3 Å². The van der Waals surface area contributed by atoms with Crippen LogP contribution in [0.25, 0.3) is 0 Å². The van der Waals surface area contributed by atoms with Gasteiger partial charge >= 0.3 is 5.97 Å². The third-order valence-electron chi connectivity index (χ3n) is 4.59. The van der Waals surface area contributed by atoms with Gasteiger partial charge in [-0.1, -0.05) is 24.3 Å². The second-order valence-electron chi connectivity index (χ2n) is 6.58. The summed E-state index contributed by atoms with van der Waals surface area (Å²) in [6, 6.07) is 14.4. The highest BCUT2D eigenvalue weighted by Crippen LogP contribution is 2.28. The number of methoxy groups -OCH3 is 1. The molecule has 2 aromatic rings. The molecule has 2 amide bonds. The van der Waals surface area contributed by atoms with Crippen LogP contribution in [-0.4, -0.2) is 38.0 Å². The van der Waals surface area contributed by atoms with Crippen LogP contribution in [0.2, 0.25) is 0 Å². The fourth-order valence-corrected chi connectivity index (χ4v) is 3.05. The average molecular weight is 382 g/mol. The van der Waals surface area contributed by atoms with E-state index in [0.29, 0.717) is 17.1 Å². The summed E-state index contributed by atoms with van der Waals surface area (Å²) in [6.45, 7) is 1.69. The van der Waals surface area contributed by atoms with Crippen LogP contribution in [0.4, 0.5) is 11.4 Å². The van der Waals surface area contributed by atoms with Gasteiger partial charge in [0, 0.05) is 30.4 Å². The van der Waals surface area contributed by atoms with Crippen molar-refractivity contribution in [1.82, 2.24) is 0 Å². The van der Waals surface area contributed by atoms with E-state index in [1.165, 1.54) is 4.90 Å². The Labute approximate surface area is 163 Å². The van der Waals surface area contributed by atoms with Crippen molar-refractivity contribution in [2.75, 3.05) is 30.5 Å². The first-order valence-electron chi connectivity index (χ1n) is 8.94. The predicted octanol–water partition coefficient (Wildman–Crippen LogP) is 2.54. The number of nitrogens with one attached hydrogen (secondary N) is 1. The van der Waals surface area contributed by atoms with Gasteiger partial charge < -0.3 is 19.7 Å². The molecule has 1 heterocycles. The molecule has 0 bridgehead atoms. The van der Waals surface area contributed by atoms with Crippen molar-refractivity contribution >= 4 is 29.2 Å². The number of benzene rings is 2. The molecule has 0 spiro atoms. The number of rotatable bonds is 6. The minimum atomic E-state index is -0.607. The van der Waals surface area contributed by atoms with Crippen molar-refractivity contribution < 1.29 is 23.9 Å². The quantitative estimate of drug-likeness (QED) is 0.776. The van der Waals surface area contributed by atoms with Gasteiger partial charge in [-0.2, -0.15) is 0 Å². The molecule has 0 unspecified atom stereocenters. The summed E-state index contributed by atoms with van der Waals surface area (Å²) in [4.78, 5) is 38.2. The fourth-order valence-electron chi connectivity index (χ4n) is 3.05. The third-order valence-corrected chi connectivity index (χ3v) is 4.59. The minimum Gasteiger partial charge on any atom is -0.497 e. The minimum absolute atomic E-state index is 0.0510. The summed E-state index contributed by atoms with van der Waals surface area (Å²) in [5.74, 6) is -1.12. The van der Waals surface area contributed by atoms with Crippen LogP contribution in [0.3, 0.4) is 0 Å². The average Bonchev–Trinajstić information content (AvgIpc) is 3.10. The van der Waals surface area contributed by atoms with Crippen LogP contribution in [0.15, 0.2) is 48.5 Å². The van der Waals surface area contributed by atoms with Crippen molar-refractivity contribution in [3.8, 4) is 5.75 Å². The predicted molar refractivity (Wildman–Crippen MR) is 104 cm³/mol. The lowest BCUT2D eigenvalue weighted by molar-refractivity contribution is -0.151. The highest BCUT2D eigenvalue weighted by molar-refractivity contribution is 6.00. The number of hydrogen-bond acceptors (Lipinski definition) is 5. The zero-order valence-corrected chi connectivity index (χ0v) is 15.8. The Morgan fingerprint density at radius 3 is 2.71 bits per heavy atom. The Morgan fingerprint density at radius 1 is 1.18 bits per heavy atom. The van der Waals surface area contributed by atoms with Gasteiger partial charge in [0.25, 0.3) is 5.91 Å². The molecule has 0 aromatic heterocycles. The molecule has 0 radical (unpaired) electrons. The van der Waals surface area contributed by atoms with E-state index in [1.807, 2.05) is 25.1 Å². The Balaban J connectivity index is 1.54. The molecule has 1 aliphatic heterocycles. The van der Waals surface area contributed by atoms with Crippen LogP contribution in [-0.2, 0) is 19.1 Å². The third kappa shape index (κ3) is 4.49. The lowest BCUT2D eigenvalue weighted by atomic mass is 10.1. The maximum Gasteiger partial charge on any atom is 0.311 e. The number of carbonyl (C=O) groups excluding carboxylic acids is 3. The molecule has 0 aliphatic carbocycles. The highest BCUT2D eigenvalue weighted by atomic mass is 16.5. The monoisotopic (exact) mass is 382 g/mol. The first kappa shape index (κ1) is 19.4. The standard InChI is InChI=1S/C21H22N2O5/c1-14-6-3-4-9-18(14)22-19(24)13-28-21(26)15-10-20(25)23(12-15)16-7-5-8-17(11-16)27-2/h3-9,11,15H,10,12-13H2,1-2H3,(H,22,24)/t15-/m0/s1. The number of ether oxygens (including phenoxy) is 2. The normalized spacial score (nSPS) is 16.0. The molecule has 7 nitrogen and oxygen atoms in total. The molecule has 1 atom stereocenters. The highest BCUT2D eigenvalue weighted by Gasteiger charge is 2.36. The van der Waals surface area contributed by atoms with Crippen LogP contribution in [0, 0.1) is 12.8 Å². The van der Waals surface area contributed by atoms with E-state index in [9.17, 15) is 14.4 Å². The van der Waals surface area contributed by atoms with Gasteiger partial charge in [-0.05, 0) is 30.7 Å². The van der Waals surface area contributed by atoms with E-state index < -0.39 is 24.4 Å². The lowest BCUT2D eigenvalue weighted by Crippen LogP contribution is -2.28. The molecule has 1 N–H and O–H groups in total. The van der Waals surface area contributed by atoms with Gasteiger partial charge in [0.15, 0.2) is 6.61 Å². The van der Waals surface area contributed by atoms with Crippen LogP contribution in [0.1, 0.15) is 12.0 Å². The molecule has 2 aromatic carbocycles. The molecule has 146 valence electrons. The lowest BCUT2D eigenvalue weighted by Gasteiger charge is -2.17.